The van der Waals surface area contributed by atoms with Gasteiger partial charge in [0.05, 0.1) is 0 Å². The minimum absolute atomic E-state index is 0.349. The number of halogens is 1. The van der Waals surface area contributed by atoms with Crippen molar-refractivity contribution in [2.45, 2.75) is 63.7 Å². The van der Waals surface area contributed by atoms with Crippen molar-refractivity contribution in [1.82, 2.24) is 0 Å². The van der Waals surface area contributed by atoms with Crippen LogP contribution in [0.5, 0.6) is 0 Å². The van der Waals surface area contributed by atoms with E-state index in [0.717, 1.165) is 5.56 Å². The Morgan fingerprint density at radius 1 is 1.08 bits per heavy atom. The molecule has 0 radical (unpaired) electrons. The maximum absolute atomic E-state index is 13.2. The van der Waals surface area contributed by atoms with Crippen LogP contribution in [0, 0.1) is 0 Å². The van der Waals surface area contributed by atoms with Crippen LogP contribution in [0.1, 0.15) is 38.9 Å². The van der Waals surface area contributed by atoms with Crippen LogP contribution in [0.25, 0.3) is 0 Å². The Morgan fingerprint density at radius 3 is 2.48 bits per heavy atom. The summed E-state index contributed by atoms with van der Waals surface area (Å²) >= 11 is 5.99. The van der Waals surface area contributed by atoms with Crippen LogP contribution in [0.3, 0.4) is 0 Å². The van der Waals surface area contributed by atoms with Gasteiger partial charge in [0.1, 0.15) is 24.4 Å². The van der Waals surface area contributed by atoms with Gasteiger partial charge in [-0.15, -0.1) is 0 Å². The molecule has 8 heteroatoms. The Hall–Kier alpha value is -0.460. The highest BCUT2D eigenvalue weighted by molar-refractivity contribution is 7.53. The second kappa shape index (κ2) is 6.31. The minimum Gasteiger partial charge on any atom is -0.341 e. The Bertz CT molecular complexity index is 693. The summed E-state index contributed by atoms with van der Waals surface area (Å²) in [5.41, 5.74) is 0.846. The zero-order valence-corrected chi connectivity index (χ0v) is 16.0. The van der Waals surface area contributed by atoms with E-state index < -0.39 is 44.1 Å². The van der Waals surface area contributed by atoms with E-state index in [1.165, 1.54) is 0 Å². The Balaban J connectivity index is 1.67. The van der Waals surface area contributed by atoms with Crippen molar-refractivity contribution < 1.29 is 27.8 Å². The van der Waals surface area contributed by atoms with E-state index >= 15 is 0 Å². The summed E-state index contributed by atoms with van der Waals surface area (Å²) in [6, 6.07) is 7.27. The van der Waals surface area contributed by atoms with Gasteiger partial charge in [0.15, 0.2) is 12.1 Å². The third kappa shape index (κ3) is 3.30. The van der Waals surface area contributed by atoms with Crippen molar-refractivity contribution in [3.8, 4) is 0 Å². The summed E-state index contributed by atoms with van der Waals surface area (Å²) < 4.78 is 42.8. The molecule has 0 N–H and O–H groups in total. The molecule has 3 heterocycles. The largest absolute Gasteiger partial charge is 0.341 e. The average Bonchev–Trinajstić information content (AvgIpc) is 3.00. The molecule has 0 bridgehead atoms. The van der Waals surface area contributed by atoms with Crippen LogP contribution < -0.4 is 0 Å². The highest BCUT2D eigenvalue weighted by Crippen LogP contribution is 2.62. The van der Waals surface area contributed by atoms with E-state index in [4.69, 9.17) is 34.9 Å². The fourth-order valence-electron chi connectivity index (χ4n) is 3.59. The van der Waals surface area contributed by atoms with Gasteiger partial charge in [-0.1, -0.05) is 30.7 Å². The van der Waals surface area contributed by atoms with Crippen LogP contribution in [-0.4, -0.2) is 36.6 Å². The average molecular weight is 389 g/mol. The van der Waals surface area contributed by atoms with Crippen LogP contribution >= 0.6 is 19.2 Å². The van der Waals surface area contributed by atoms with Gasteiger partial charge in [0.2, 0.25) is 0 Å². The van der Waals surface area contributed by atoms with Gasteiger partial charge >= 0.3 is 7.60 Å². The van der Waals surface area contributed by atoms with Gasteiger partial charge < -0.3 is 14.2 Å². The van der Waals surface area contributed by atoms with Crippen molar-refractivity contribution in [3.05, 3.63) is 34.9 Å². The van der Waals surface area contributed by atoms with Gasteiger partial charge in [-0.25, -0.2) is 0 Å². The SMILES string of the molecule is CCC[P@@]1(=O)O[C@@H]2[C@H]3OC(C)(C)O[C@H]3O[C@@H]2[C@H](c2ccc(Cl)cc2)O1. The minimum atomic E-state index is -3.26. The molecule has 0 aromatic heterocycles. The van der Waals surface area contributed by atoms with E-state index in [9.17, 15) is 4.57 Å². The molecule has 0 saturated carbocycles. The number of rotatable bonds is 3. The molecule has 1 aromatic carbocycles. The summed E-state index contributed by atoms with van der Waals surface area (Å²) in [5.74, 6) is -0.757. The van der Waals surface area contributed by atoms with Crippen molar-refractivity contribution in [2.24, 2.45) is 0 Å². The molecule has 0 spiro atoms. The van der Waals surface area contributed by atoms with Gasteiger partial charge in [-0.05, 0) is 38.0 Å². The molecular formula is C17H22ClO6P. The smallest absolute Gasteiger partial charge is 0.331 e. The molecule has 3 aliphatic heterocycles. The molecule has 3 aliphatic rings. The van der Waals surface area contributed by atoms with E-state index in [-0.39, 0.29) is 0 Å². The first kappa shape index (κ1) is 17.9. The lowest BCUT2D eigenvalue weighted by atomic mass is 9.99. The molecule has 0 unspecified atom stereocenters. The predicted octanol–water partition coefficient (Wildman–Crippen LogP) is 4.28. The highest BCUT2D eigenvalue weighted by Gasteiger charge is 2.62. The van der Waals surface area contributed by atoms with Crippen molar-refractivity contribution in [3.63, 3.8) is 0 Å². The number of hydrogen-bond donors (Lipinski definition) is 0. The van der Waals surface area contributed by atoms with Gasteiger partial charge in [-0.2, -0.15) is 0 Å². The number of hydrogen-bond acceptors (Lipinski definition) is 6. The van der Waals surface area contributed by atoms with Crippen LogP contribution in [0.4, 0.5) is 0 Å². The zero-order chi connectivity index (χ0) is 17.8. The van der Waals surface area contributed by atoms with E-state index in [1.54, 1.807) is 12.1 Å². The van der Waals surface area contributed by atoms with Gasteiger partial charge in [0.25, 0.3) is 0 Å². The standard InChI is InChI=1S/C17H22ClO6P/c1-4-9-25(19)23-12(10-5-7-11(18)8-6-10)13-14(24-25)15-16(20-13)22-17(2,3)21-15/h5-8,12-16H,4,9H2,1-3H3/t12-,13+,14-,15+,16+,25-/m0/s1. The third-order valence-electron chi connectivity index (χ3n) is 4.58. The molecule has 6 atom stereocenters. The lowest BCUT2D eigenvalue weighted by Crippen LogP contribution is -2.43. The highest BCUT2D eigenvalue weighted by atomic mass is 35.5. The Kier molecular flexibility index (Phi) is 4.52. The monoisotopic (exact) mass is 388 g/mol. The lowest BCUT2D eigenvalue weighted by molar-refractivity contribution is -0.229. The zero-order valence-electron chi connectivity index (χ0n) is 14.4. The van der Waals surface area contributed by atoms with Gasteiger partial charge in [-0.3, -0.25) is 13.6 Å². The summed E-state index contributed by atoms with van der Waals surface area (Å²) in [7, 11) is -3.26. The Morgan fingerprint density at radius 2 is 1.80 bits per heavy atom. The normalized spacial score (nSPS) is 42.2. The molecule has 0 amide bonds. The molecule has 3 fully saturated rings. The molecule has 3 saturated heterocycles. The van der Waals surface area contributed by atoms with Crippen LogP contribution in [0.15, 0.2) is 24.3 Å². The topological polar surface area (TPSA) is 63.2 Å². The first-order valence-corrected chi connectivity index (χ1v) is 10.6. The quantitative estimate of drug-likeness (QED) is 0.720. The molecule has 6 nitrogen and oxygen atoms in total. The Labute approximate surface area is 152 Å². The number of ether oxygens (including phenoxy) is 3. The molecule has 25 heavy (non-hydrogen) atoms. The van der Waals surface area contributed by atoms with Crippen molar-refractivity contribution >= 4 is 19.2 Å². The van der Waals surface area contributed by atoms with E-state index in [1.807, 2.05) is 32.9 Å². The lowest BCUT2D eigenvalue weighted by Gasteiger charge is -2.39. The number of fused-ring (bicyclic) bond motifs is 3. The second-order valence-corrected chi connectivity index (χ2v) is 9.58. The molecule has 1 aromatic rings. The molecule has 4 rings (SSSR count). The van der Waals surface area contributed by atoms with Crippen molar-refractivity contribution in [1.29, 1.82) is 0 Å². The maximum atomic E-state index is 13.2. The van der Waals surface area contributed by atoms with Crippen LogP contribution in [0.2, 0.25) is 5.02 Å². The second-order valence-electron chi connectivity index (χ2n) is 7.05. The van der Waals surface area contributed by atoms with Gasteiger partial charge in [0, 0.05) is 11.2 Å². The third-order valence-corrected chi connectivity index (χ3v) is 6.94. The van der Waals surface area contributed by atoms with Crippen molar-refractivity contribution in [2.75, 3.05) is 6.16 Å². The summed E-state index contributed by atoms with van der Waals surface area (Å²) in [6.07, 6.45) is -1.42. The summed E-state index contributed by atoms with van der Waals surface area (Å²) in [5, 5.41) is 0.627. The van der Waals surface area contributed by atoms with E-state index in [2.05, 4.69) is 0 Å². The molecular weight excluding hydrogens is 367 g/mol. The summed E-state index contributed by atoms with van der Waals surface area (Å²) in [6.45, 7) is 5.60. The first-order chi connectivity index (χ1) is 11.8. The van der Waals surface area contributed by atoms with E-state index in [0.29, 0.717) is 17.6 Å². The fourth-order valence-corrected chi connectivity index (χ4v) is 5.73. The molecule has 0 aliphatic carbocycles. The first-order valence-electron chi connectivity index (χ1n) is 8.53. The summed E-state index contributed by atoms with van der Waals surface area (Å²) in [4.78, 5) is 0. The maximum Gasteiger partial charge on any atom is 0.331 e. The van der Waals surface area contributed by atoms with Crippen LogP contribution in [-0.2, 0) is 27.8 Å². The predicted molar refractivity (Wildman–Crippen MR) is 91.6 cm³/mol. The molecule has 138 valence electrons. The number of benzene rings is 1. The fraction of sp³-hybridized carbons (Fsp3) is 0.647.